The van der Waals surface area contributed by atoms with Crippen molar-refractivity contribution in [2.24, 2.45) is 5.92 Å². The number of carbonyl (C=O) groups is 1. The quantitative estimate of drug-likeness (QED) is 0.629. The largest absolute Gasteiger partial charge is 0.421 e. The van der Waals surface area contributed by atoms with Crippen molar-refractivity contribution < 1.29 is 18.0 Å². The third-order valence-electron chi connectivity index (χ3n) is 4.95. The second-order valence-corrected chi connectivity index (χ2v) is 7.89. The van der Waals surface area contributed by atoms with Crippen molar-refractivity contribution in [3.05, 3.63) is 56.6 Å². The molecule has 10 heteroatoms. The fraction of sp³-hybridized carbons (Fsp3) is 0.350. The number of rotatable bonds is 4. The second kappa shape index (κ2) is 7.79. The number of benzene rings is 1. The zero-order valence-electron chi connectivity index (χ0n) is 16.7. The van der Waals surface area contributed by atoms with Gasteiger partial charge in [-0.2, -0.15) is 18.3 Å². The summed E-state index contributed by atoms with van der Waals surface area (Å²) < 4.78 is 42.1. The molecule has 0 saturated heterocycles. The Balaban J connectivity index is 2.21. The molecule has 0 unspecified atom stereocenters. The molecule has 1 atom stereocenters. The van der Waals surface area contributed by atoms with E-state index in [9.17, 15) is 22.8 Å². The molecule has 1 aromatic carbocycles. The topological polar surface area (TPSA) is 79.3 Å². The number of alkyl halides is 3. The molecule has 0 aliphatic rings. The number of carbonyl (C=O) groups excluding carboxylic acids is 1. The first-order valence-electron chi connectivity index (χ1n) is 9.20. The number of H-pyrrole nitrogens is 1. The predicted octanol–water partition coefficient (Wildman–Crippen LogP) is 4.44. The van der Waals surface area contributed by atoms with Gasteiger partial charge in [-0.1, -0.05) is 31.5 Å². The minimum absolute atomic E-state index is 0.00321. The molecule has 2 N–H and O–H groups in total. The van der Waals surface area contributed by atoms with Crippen molar-refractivity contribution in [2.45, 2.75) is 39.9 Å². The van der Waals surface area contributed by atoms with E-state index < -0.39 is 34.4 Å². The van der Waals surface area contributed by atoms with Gasteiger partial charge in [0.15, 0.2) is 5.69 Å². The number of aromatic nitrogens is 3. The molecule has 0 spiro atoms. The van der Waals surface area contributed by atoms with Gasteiger partial charge >= 0.3 is 6.18 Å². The molecule has 2 heterocycles. The lowest BCUT2D eigenvalue weighted by molar-refractivity contribution is -0.136. The molecule has 0 aliphatic carbocycles. The van der Waals surface area contributed by atoms with Gasteiger partial charge in [-0.05, 0) is 43.0 Å². The van der Waals surface area contributed by atoms with E-state index in [1.807, 2.05) is 13.8 Å². The Morgan fingerprint density at radius 3 is 2.50 bits per heavy atom. The monoisotopic (exact) mass is 440 g/mol. The maximum Gasteiger partial charge on any atom is 0.421 e. The smallest absolute Gasteiger partial charge is 0.348 e. The molecular weight excluding hydrogens is 421 g/mol. The number of fused-ring (bicyclic) bond motifs is 1. The molecule has 0 saturated carbocycles. The summed E-state index contributed by atoms with van der Waals surface area (Å²) in [5.74, 6) is -0.987. The number of halogens is 4. The lowest BCUT2D eigenvalue weighted by Gasteiger charge is -2.17. The Hall–Kier alpha value is -2.81. The Morgan fingerprint density at radius 1 is 1.27 bits per heavy atom. The molecule has 0 bridgehead atoms. The van der Waals surface area contributed by atoms with Crippen LogP contribution < -0.4 is 10.9 Å². The lowest BCUT2D eigenvalue weighted by Crippen LogP contribution is -2.37. The van der Waals surface area contributed by atoms with E-state index in [4.69, 9.17) is 11.6 Å². The maximum atomic E-state index is 13.8. The summed E-state index contributed by atoms with van der Waals surface area (Å²) in [6.07, 6.45) is -3.70. The highest BCUT2D eigenvalue weighted by Gasteiger charge is 2.41. The van der Waals surface area contributed by atoms with Crippen LogP contribution >= 0.6 is 11.6 Å². The lowest BCUT2D eigenvalue weighted by atomic mass is 10.1. The molecule has 160 valence electrons. The van der Waals surface area contributed by atoms with Crippen LogP contribution in [0.4, 0.5) is 13.2 Å². The van der Waals surface area contributed by atoms with Crippen LogP contribution in [-0.2, 0) is 6.18 Å². The Labute approximate surface area is 175 Å². The van der Waals surface area contributed by atoms with Gasteiger partial charge in [0.05, 0.1) is 11.9 Å². The number of hydrogen-bond donors (Lipinski definition) is 2. The van der Waals surface area contributed by atoms with Crippen LogP contribution in [-0.4, -0.2) is 26.5 Å². The van der Waals surface area contributed by atoms with Crippen LogP contribution in [0.15, 0.2) is 29.2 Å². The molecule has 6 nitrogen and oxygen atoms in total. The van der Waals surface area contributed by atoms with E-state index in [0.29, 0.717) is 10.6 Å². The number of aryl methyl sites for hydroxylation is 1. The van der Waals surface area contributed by atoms with E-state index in [0.717, 1.165) is 10.1 Å². The van der Waals surface area contributed by atoms with Gasteiger partial charge in [-0.25, -0.2) is 4.52 Å². The van der Waals surface area contributed by atoms with Gasteiger partial charge in [-0.15, -0.1) is 0 Å². The van der Waals surface area contributed by atoms with Crippen LogP contribution in [0.3, 0.4) is 0 Å². The second-order valence-electron chi connectivity index (χ2n) is 7.48. The Kier molecular flexibility index (Phi) is 5.68. The van der Waals surface area contributed by atoms with Crippen molar-refractivity contribution in [3.8, 4) is 11.3 Å². The molecule has 2 aromatic heterocycles. The molecule has 3 aromatic rings. The minimum atomic E-state index is -4.94. The first-order valence-corrected chi connectivity index (χ1v) is 9.58. The molecular formula is C20H20ClF3N4O2. The SMILES string of the molecule is Cc1cc(-c2cn3nc(C(=O)N[C@@H](C)C(C)C)c(C(F)(F)F)c3c(=O)[nH]2)ccc1Cl. The summed E-state index contributed by atoms with van der Waals surface area (Å²) >= 11 is 6.01. The van der Waals surface area contributed by atoms with Gasteiger partial charge in [0.1, 0.15) is 11.1 Å². The number of aromatic amines is 1. The number of nitrogens with one attached hydrogen (secondary N) is 2. The summed E-state index contributed by atoms with van der Waals surface area (Å²) in [5.41, 5.74) is -2.43. The average Bonchev–Trinajstić information content (AvgIpc) is 3.04. The predicted molar refractivity (Wildman–Crippen MR) is 108 cm³/mol. The Morgan fingerprint density at radius 2 is 1.93 bits per heavy atom. The fourth-order valence-electron chi connectivity index (χ4n) is 2.91. The summed E-state index contributed by atoms with van der Waals surface area (Å²) in [4.78, 5) is 27.6. The minimum Gasteiger partial charge on any atom is -0.348 e. The third-order valence-corrected chi connectivity index (χ3v) is 5.38. The molecule has 0 radical (unpaired) electrons. The Bertz CT molecular complexity index is 1180. The summed E-state index contributed by atoms with van der Waals surface area (Å²) in [7, 11) is 0. The van der Waals surface area contributed by atoms with Gasteiger partial charge < -0.3 is 10.3 Å². The van der Waals surface area contributed by atoms with E-state index in [1.54, 1.807) is 32.0 Å². The number of nitrogens with zero attached hydrogens (tertiary/aromatic N) is 2. The molecule has 3 rings (SSSR count). The highest BCUT2D eigenvalue weighted by molar-refractivity contribution is 6.31. The van der Waals surface area contributed by atoms with Crippen molar-refractivity contribution in [1.29, 1.82) is 0 Å². The third kappa shape index (κ3) is 4.07. The van der Waals surface area contributed by atoms with E-state index in [2.05, 4.69) is 15.4 Å². The van der Waals surface area contributed by atoms with Gasteiger partial charge in [0.2, 0.25) is 0 Å². The van der Waals surface area contributed by atoms with E-state index in [-0.39, 0.29) is 17.7 Å². The van der Waals surface area contributed by atoms with E-state index >= 15 is 0 Å². The van der Waals surface area contributed by atoms with Crippen LogP contribution in [0.25, 0.3) is 16.8 Å². The highest BCUT2D eigenvalue weighted by atomic mass is 35.5. The standard InChI is InChI=1S/C20H20ClF3N4O2/c1-9(2)11(4)25-18(29)16-15(20(22,23)24)17-19(30)26-14(8-28(17)27-16)12-5-6-13(21)10(3)7-12/h5-9,11H,1-4H3,(H,25,29)(H,26,30)/t11-/m0/s1. The van der Waals surface area contributed by atoms with Crippen LogP contribution in [0.1, 0.15) is 42.4 Å². The van der Waals surface area contributed by atoms with Gasteiger partial charge in [-0.3, -0.25) is 9.59 Å². The van der Waals surface area contributed by atoms with Crippen LogP contribution in [0.2, 0.25) is 5.02 Å². The zero-order valence-corrected chi connectivity index (χ0v) is 17.4. The number of hydrogen-bond acceptors (Lipinski definition) is 3. The average molecular weight is 441 g/mol. The number of amides is 1. The van der Waals surface area contributed by atoms with E-state index in [1.165, 1.54) is 6.20 Å². The van der Waals surface area contributed by atoms with Crippen molar-refractivity contribution in [2.75, 3.05) is 0 Å². The van der Waals surface area contributed by atoms with Gasteiger partial charge in [0, 0.05) is 11.1 Å². The first-order chi connectivity index (χ1) is 13.9. The van der Waals surface area contributed by atoms with Gasteiger partial charge in [0.25, 0.3) is 11.5 Å². The van der Waals surface area contributed by atoms with Crippen molar-refractivity contribution in [1.82, 2.24) is 19.9 Å². The summed E-state index contributed by atoms with van der Waals surface area (Å²) in [6.45, 7) is 7.09. The maximum absolute atomic E-state index is 13.8. The molecule has 0 aliphatic heterocycles. The van der Waals surface area contributed by atoms with Crippen LogP contribution in [0, 0.1) is 12.8 Å². The normalized spacial score (nSPS) is 13.1. The van der Waals surface area contributed by atoms with Crippen LogP contribution in [0.5, 0.6) is 0 Å². The molecule has 0 fully saturated rings. The van der Waals surface area contributed by atoms with Crippen molar-refractivity contribution >= 4 is 23.0 Å². The summed E-state index contributed by atoms with van der Waals surface area (Å²) in [6, 6.07) is 4.55. The first kappa shape index (κ1) is 21.9. The fourth-order valence-corrected chi connectivity index (χ4v) is 3.03. The molecule has 1 amide bonds. The zero-order chi connectivity index (χ0) is 22.4. The highest BCUT2D eigenvalue weighted by Crippen LogP contribution is 2.34. The molecule has 30 heavy (non-hydrogen) atoms. The summed E-state index contributed by atoms with van der Waals surface area (Å²) in [5, 5.41) is 6.84. The van der Waals surface area contributed by atoms with Crippen molar-refractivity contribution in [3.63, 3.8) is 0 Å².